The Kier molecular flexibility index (Phi) is 4.66. The van der Waals surface area contributed by atoms with Crippen molar-refractivity contribution in [3.63, 3.8) is 0 Å². The normalized spacial score (nSPS) is 17.9. The van der Waals surface area contributed by atoms with Crippen molar-refractivity contribution < 1.29 is 8.42 Å². The molecule has 1 unspecified atom stereocenters. The molecule has 1 aliphatic rings. The first-order chi connectivity index (χ1) is 8.96. The van der Waals surface area contributed by atoms with Gasteiger partial charge >= 0.3 is 0 Å². The van der Waals surface area contributed by atoms with Crippen LogP contribution in [-0.4, -0.2) is 31.9 Å². The van der Waals surface area contributed by atoms with Crippen LogP contribution in [0.3, 0.4) is 0 Å². The van der Waals surface area contributed by atoms with Crippen LogP contribution in [0.25, 0.3) is 0 Å². The van der Waals surface area contributed by atoms with Crippen LogP contribution < -0.4 is 5.32 Å². The fourth-order valence-corrected chi connectivity index (χ4v) is 4.66. The van der Waals surface area contributed by atoms with E-state index in [9.17, 15) is 8.42 Å². The molecule has 108 valence electrons. The Hall–Kier alpha value is -0.430. The first kappa shape index (κ1) is 15.0. The summed E-state index contributed by atoms with van der Waals surface area (Å²) >= 11 is 1.51. The summed E-state index contributed by atoms with van der Waals surface area (Å²) in [4.78, 5) is 1.38. The lowest BCUT2D eigenvalue weighted by molar-refractivity contribution is 0.380. The van der Waals surface area contributed by atoms with E-state index in [0.717, 1.165) is 11.3 Å². The Morgan fingerprint density at radius 2 is 2.21 bits per heavy atom. The van der Waals surface area contributed by atoms with E-state index in [-0.39, 0.29) is 6.04 Å². The molecule has 0 aliphatic heterocycles. The second-order valence-corrected chi connectivity index (χ2v) is 8.11. The van der Waals surface area contributed by atoms with Crippen molar-refractivity contribution in [2.45, 2.75) is 56.6 Å². The molecule has 0 amide bonds. The van der Waals surface area contributed by atoms with Crippen LogP contribution in [0.5, 0.6) is 0 Å². The number of nitrogens with one attached hydrogen (secondary N) is 1. The Morgan fingerprint density at radius 3 is 2.79 bits per heavy atom. The van der Waals surface area contributed by atoms with E-state index in [1.165, 1.54) is 28.5 Å². The highest BCUT2D eigenvalue weighted by molar-refractivity contribution is 7.89. The van der Waals surface area contributed by atoms with Gasteiger partial charge in [0, 0.05) is 30.6 Å². The van der Waals surface area contributed by atoms with Crippen LogP contribution in [0, 0.1) is 0 Å². The molecular formula is C13H22N2O2S2. The molecule has 0 saturated heterocycles. The summed E-state index contributed by atoms with van der Waals surface area (Å²) in [6.07, 6.45) is 3.23. The van der Waals surface area contributed by atoms with Gasteiger partial charge in [-0.25, -0.2) is 8.42 Å². The molecule has 0 aromatic carbocycles. The molecule has 1 aliphatic carbocycles. The zero-order valence-electron chi connectivity index (χ0n) is 11.7. The largest absolute Gasteiger partial charge is 0.309 e. The number of nitrogens with zero attached hydrogens (tertiary/aromatic N) is 1. The number of sulfonamides is 1. The molecule has 1 aromatic heterocycles. The zero-order valence-corrected chi connectivity index (χ0v) is 13.4. The second-order valence-electron chi connectivity index (χ2n) is 5.14. The lowest BCUT2D eigenvalue weighted by atomic mass is 10.3. The van der Waals surface area contributed by atoms with Crippen LogP contribution in [-0.2, 0) is 16.6 Å². The number of thiophene rings is 1. The maximum Gasteiger partial charge on any atom is 0.244 e. The van der Waals surface area contributed by atoms with Crippen molar-refractivity contribution in [3.8, 4) is 0 Å². The molecule has 1 heterocycles. The predicted molar refractivity (Wildman–Crippen MR) is 78.9 cm³/mol. The fourth-order valence-electron chi connectivity index (χ4n) is 1.86. The molecule has 0 spiro atoms. The third-order valence-electron chi connectivity index (χ3n) is 3.70. The van der Waals surface area contributed by atoms with Crippen LogP contribution in [0.4, 0.5) is 0 Å². The lowest BCUT2D eigenvalue weighted by Gasteiger charge is -2.23. The number of hydrogen-bond donors (Lipinski definition) is 1. The summed E-state index contributed by atoms with van der Waals surface area (Å²) in [5.41, 5.74) is 0. The third kappa shape index (κ3) is 3.37. The summed E-state index contributed by atoms with van der Waals surface area (Å²) in [5, 5.41) is 5.24. The average Bonchev–Trinajstić information content (AvgIpc) is 3.10. The van der Waals surface area contributed by atoms with E-state index < -0.39 is 10.0 Å². The number of rotatable bonds is 7. The van der Waals surface area contributed by atoms with Crippen molar-refractivity contribution in [1.29, 1.82) is 0 Å². The van der Waals surface area contributed by atoms with E-state index in [1.807, 2.05) is 19.2 Å². The van der Waals surface area contributed by atoms with Gasteiger partial charge in [0.1, 0.15) is 0 Å². The van der Waals surface area contributed by atoms with Gasteiger partial charge in [0.2, 0.25) is 10.0 Å². The van der Waals surface area contributed by atoms with Crippen molar-refractivity contribution in [2.24, 2.45) is 0 Å². The highest BCUT2D eigenvalue weighted by Gasteiger charge is 2.28. The van der Waals surface area contributed by atoms with Gasteiger partial charge in [-0.15, -0.1) is 11.3 Å². The van der Waals surface area contributed by atoms with Gasteiger partial charge in [0.15, 0.2) is 0 Å². The van der Waals surface area contributed by atoms with E-state index in [4.69, 9.17) is 0 Å². The predicted octanol–water partition coefficient (Wildman–Crippen LogP) is 2.42. The minimum atomic E-state index is -3.36. The Morgan fingerprint density at radius 1 is 1.53 bits per heavy atom. The van der Waals surface area contributed by atoms with Gasteiger partial charge in [-0.05, 0) is 37.6 Å². The molecule has 4 nitrogen and oxygen atoms in total. The van der Waals surface area contributed by atoms with Crippen molar-refractivity contribution in [1.82, 2.24) is 9.62 Å². The fraction of sp³-hybridized carbons (Fsp3) is 0.692. The number of hydrogen-bond acceptors (Lipinski definition) is 4. The van der Waals surface area contributed by atoms with Crippen molar-refractivity contribution in [3.05, 3.63) is 16.3 Å². The minimum Gasteiger partial charge on any atom is -0.309 e. The van der Waals surface area contributed by atoms with Crippen LogP contribution in [0.15, 0.2) is 16.3 Å². The monoisotopic (exact) mass is 302 g/mol. The van der Waals surface area contributed by atoms with Gasteiger partial charge in [-0.1, -0.05) is 6.92 Å². The van der Waals surface area contributed by atoms with Gasteiger partial charge in [0.05, 0.1) is 4.90 Å². The summed E-state index contributed by atoms with van der Waals surface area (Å²) in [5.74, 6) is 0. The molecule has 2 rings (SSSR count). The Balaban J connectivity index is 2.17. The molecule has 6 heteroatoms. The maximum absolute atomic E-state index is 12.6. The lowest BCUT2D eigenvalue weighted by Crippen LogP contribution is -2.35. The molecule has 1 fully saturated rings. The van der Waals surface area contributed by atoms with Crippen LogP contribution >= 0.6 is 11.3 Å². The molecule has 1 saturated carbocycles. The first-order valence-electron chi connectivity index (χ1n) is 6.74. The van der Waals surface area contributed by atoms with Crippen LogP contribution in [0.1, 0.15) is 38.0 Å². The smallest absolute Gasteiger partial charge is 0.244 e. The molecule has 1 aromatic rings. The minimum absolute atomic E-state index is 0.0224. The van der Waals surface area contributed by atoms with Crippen LogP contribution in [0.2, 0.25) is 0 Å². The summed E-state index contributed by atoms with van der Waals surface area (Å²) < 4.78 is 26.6. The van der Waals surface area contributed by atoms with Crippen molar-refractivity contribution in [2.75, 3.05) is 7.05 Å². The standard InChI is InChI=1S/C13H22N2O2S2/c1-4-10(2)15(3)19(16,17)13-7-8-18-12(13)9-14-11-5-6-11/h7-8,10-11,14H,4-6,9H2,1-3H3. The molecule has 1 N–H and O–H groups in total. The Labute approximate surface area is 119 Å². The van der Waals surface area contributed by atoms with E-state index in [1.54, 1.807) is 13.1 Å². The zero-order chi connectivity index (χ0) is 14.0. The Bertz CT molecular complexity index is 521. The van der Waals surface area contributed by atoms with Crippen molar-refractivity contribution >= 4 is 21.4 Å². The summed E-state index contributed by atoms with van der Waals surface area (Å²) in [6, 6.07) is 2.34. The SMILES string of the molecule is CCC(C)N(C)S(=O)(=O)c1ccsc1CNC1CC1. The molecule has 19 heavy (non-hydrogen) atoms. The van der Waals surface area contributed by atoms with E-state index >= 15 is 0 Å². The quantitative estimate of drug-likeness (QED) is 0.841. The summed E-state index contributed by atoms with van der Waals surface area (Å²) in [7, 11) is -1.70. The highest BCUT2D eigenvalue weighted by Crippen LogP contribution is 2.27. The molecule has 0 bridgehead atoms. The van der Waals surface area contributed by atoms with Gasteiger partial charge < -0.3 is 5.32 Å². The highest BCUT2D eigenvalue weighted by atomic mass is 32.2. The maximum atomic E-state index is 12.6. The molecule has 1 atom stereocenters. The van der Waals surface area contributed by atoms with Gasteiger partial charge in [0.25, 0.3) is 0 Å². The molecular weight excluding hydrogens is 280 g/mol. The van der Waals surface area contributed by atoms with Gasteiger partial charge in [-0.2, -0.15) is 4.31 Å². The van der Waals surface area contributed by atoms with E-state index in [0.29, 0.717) is 17.5 Å². The summed E-state index contributed by atoms with van der Waals surface area (Å²) in [6.45, 7) is 4.59. The topological polar surface area (TPSA) is 49.4 Å². The molecule has 0 radical (unpaired) electrons. The third-order valence-corrected chi connectivity index (χ3v) is 6.81. The first-order valence-corrected chi connectivity index (χ1v) is 9.06. The average molecular weight is 302 g/mol. The van der Waals surface area contributed by atoms with Gasteiger partial charge in [-0.3, -0.25) is 0 Å². The second kappa shape index (κ2) is 5.91. The van der Waals surface area contributed by atoms with E-state index in [2.05, 4.69) is 5.32 Å².